The fraction of sp³-hybridized carbons (Fsp3) is 0. The molecular formula is C15H7N7. The molecule has 7 heteroatoms. The quantitative estimate of drug-likeness (QED) is 0.526. The molecule has 7 nitrogen and oxygen atoms in total. The van der Waals surface area contributed by atoms with Gasteiger partial charge in [0, 0.05) is 11.6 Å². The number of rotatable bonds is 0. The van der Waals surface area contributed by atoms with Gasteiger partial charge in [-0.25, -0.2) is 9.50 Å². The van der Waals surface area contributed by atoms with Crippen LogP contribution in [-0.2, 0) is 0 Å². The number of nitrogen functional groups attached to an aromatic ring is 1. The van der Waals surface area contributed by atoms with Crippen molar-refractivity contribution in [1.29, 1.82) is 10.5 Å². The van der Waals surface area contributed by atoms with Gasteiger partial charge in [-0.1, -0.05) is 18.2 Å². The Labute approximate surface area is 123 Å². The normalized spacial score (nSPS) is 10.8. The predicted octanol–water partition coefficient (Wildman–Crippen LogP) is 1.76. The lowest BCUT2D eigenvalue weighted by Gasteiger charge is -2.01. The Hall–Kier alpha value is -3.71. The van der Waals surface area contributed by atoms with Crippen LogP contribution in [0.4, 0.5) is 5.82 Å². The van der Waals surface area contributed by atoms with Crippen LogP contribution in [0, 0.1) is 22.7 Å². The van der Waals surface area contributed by atoms with Crippen LogP contribution in [0.3, 0.4) is 0 Å². The van der Waals surface area contributed by atoms with Crippen molar-refractivity contribution in [2.24, 2.45) is 0 Å². The molecule has 0 aliphatic heterocycles. The van der Waals surface area contributed by atoms with E-state index in [2.05, 4.69) is 15.1 Å². The van der Waals surface area contributed by atoms with Crippen molar-refractivity contribution in [3.8, 4) is 12.1 Å². The summed E-state index contributed by atoms with van der Waals surface area (Å²) in [7, 11) is 0. The van der Waals surface area contributed by atoms with Crippen molar-refractivity contribution in [1.82, 2.24) is 19.6 Å². The zero-order chi connectivity index (χ0) is 15.3. The molecule has 102 valence electrons. The zero-order valence-electron chi connectivity index (χ0n) is 11.1. The molecule has 0 unspecified atom stereocenters. The molecule has 1 aromatic carbocycles. The van der Waals surface area contributed by atoms with Gasteiger partial charge in [0.25, 0.3) is 0 Å². The molecule has 0 saturated carbocycles. The fourth-order valence-electron chi connectivity index (χ4n) is 2.53. The second-order valence-electron chi connectivity index (χ2n) is 4.72. The molecule has 0 spiro atoms. The van der Waals surface area contributed by atoms with Crippen molar-refractivity contribution < 1.29 is 0 Å². The topological polar surface area (TPSA) is 117 Å². The third-order valence-corrected chi connectivity index (χ3v) is 3.54. The van der Waals surface area contributed by atoms with Crippen LogP contribution in [0.1, 0.15) is 11.3 Å². The predicted molar refractivity (Wildman–Crippen MR) is 79.6 cm³/mol. The van der Waals surface area contributed by atoms with Crippen LogP contribution in [-0.4, -0.2) is 19.6 Å². The van der Waals surface area contributed by atoms with E-state index >= 15 is 0 Å². The summed E-state index contributed by atoms with van der Waals surface area (Å²) in [6.45, 7) is 0. The first-order valence-electron chi connectivity index (χ1n) is 6.40. The SMILES string of the molecule is N#Cc1c(N)nc2c3cnc4ccccc4c3nn2c1C#N. The van der Waals surface area contributed by atoms with Crippen LogP contribution in [0.15, 0.2) is 30.5 Å². The summed E-state index contributed by atoms with van der Waals surface area (Å²) in [6, 6.07) is 11.4. The van der Waals surface area contributed by atoms with Crippen molar-refractivity contribution in [2.75, 3.05) is 5.73 Å². The molecule has 22 heavy (non-hydrogen) atoms. The Kier molecular flexibility index (Phi) is 2.27. The highest BCUT2D eigenvalue weighted by atomic mass is 15.3. The van der Waals surface area contributed by atoms with Crippen molar-refractivity contribution in [3.63, 3.8) is 0 Å². The molecule has 0 aliphatic carbocycles. The van der Waals surface area contributed by atoms with Crippen LogP contribution in [0.5, 0.6) is 0 Å². The number of aromatic nitrogens is 4. The number of fused-ring (bicyclic) bond motifs is 5. The van der Waals surface area contributed by atoms with Gasteiger partial charge in [0.1, 0.15) is 29.0 Å². The van der Waals surface area contributed by atoms with Gasteiger partial charge in [-0.3, -0.25) is 4.98 Å². The third-order valence-electron chi connectivity index (χ3n) is 3.54. The maximum Gasteiger partial charge on any atom is 0.168 e. The summed E-state index contributed by atoms with van der Waals surface area (Å²) < 4.78 is 1.35. The molecule has 0 bridgehead atoms. The molecule has 0 saturated heterocycles. The molecular weight excluding hydrogens is 278 g/mol. The van der Waals surface area contributed by atoms with E-state index in [-0.39, 0.29) is 17.1 Å². The minimum Gasteiger partial charge on any atom is -0.382 e. The van der Waals surface area contributed by atoms with Gasteiger partial charge in [-0.15, -0.1) is 0 Å². The number of para-hydroxylation sites is 1. The highest BCUT2D eigenvalue weighted by Crippen LogP contribution is 2.27. The standard InChI is InChI=1S/C15H7N7/c16-5-9-12(6-17)22-15(20-14(9)18)10-7-19-11-4-2-1-3-8(11)13(10)21-22/h1-4,7H,(H2,18,20). The van der Waals surface area contributed by atoms with E-state index in [1.807, 2.05) is 36.4 Å². The lowest BCUT2D eigenvalue weighted by atomic mass is 10.1. The largest absolute Gasteiger partial charge is 0.382 e. The fourth-order valence-corrected chi connectivity index (χ4v) is 2.53. The van der Waals surface area contributed by atoms with Crippen molar-refractivity contribution in [3.05, 3.63) is 41.7 Å². The number of nitrogens with zero attached hydrogens (tertiary/aromatic N) is 6. The van der Waals surface area contributed by atoms with E-state index in [1.165, 1.54) is 4.52 Å². The van der Waals surface area contributed by atoms with Gasteiger partial charge >= 0.3 is 0 Å². The Bertz CT molecular complexity index is 1160. The maximum atomic E-state index is 9.35. The molecule has 0 radical (unpaired) electrons. The molecule has 0 fully saturated rings. The molecule has 3 aromatic heterocycles. The number of nitriles is 2. The van der Waals surface area contributed by atoms with E-state index in [9.17, 15) is 5.26 Å². The van der Waals surface area contributed by atoms with E-state index in [0.717, 1.165) is 10.9 Å². The van der Waals surface area contributed by atoms with Gasteiger partial charge in [0.15, 0.2) is 11.3 Å². The van der Waals surface area contributed by atoms with E-state index in [0.29, 0.717) is 16.6 Å². The number of anilines is 1. The summed E-state index contributed by atoms with van der Waals surface area (Å²) in [5.41, 5.74) is 7.78. The Balaban J connectivity index is 2.31. The van der Waals surface area contributed by atoms with Crippen LogP contribution in [0.2, 0.25) is 0 Å². The highest BCUT2D eigenvalue weighted by Gasteiger charge is 2.18. The average molecular weight is 285 g/mol. The molecule has 4 rings (SSSR count). The van der Waals surface area contributed by atoms with Crippen LogP contribution in [0.25, 0.3) is 27.5 Å². The number of hydrogen-bond acceptors (Lipinski definition) is 6. The first-order valence-corrected chi connectivity index (χ1v) is 6.40. The maximum absolute atomic E-state index is 9.35. The summed E-state index contributed by atoms with van der Waals surface area (Å²) >= 11 is 0. The number of pyridine rings is 1. The van der Waals surface area contributed by atoms with Crippen LogP contribution < -0.4 is 5.73 Å². The van der Waals surface area contributed by atoms with Gasteiger partial charge in [0.2, 0.25) is 0 Å². The summed E-state index contributed by atoms with van der Waals surface area (Å²) in [5, 5.41) is 24.5. The molecule has 0 atom stereocenters. The third kappa shape index (κ3) is 1.39. The molecule has 3 heterocycles. The Morgan fingerprint density at radius 1 is 1.09 bits per heavy atom. The minimum absolute atomic E-state index is 0.0153. The highest BCUT2D eigenvalue weighted by molar-refractivity contribution is 6.08. The number of hydrogen-bond donors (Lipinski definition) is 1. The molecule has 0 amide bonds. The van der Waals surface area contributed by atoms with Gasteiger partial charge in [-0.05, 0) is 6.07 Å². The molecule has 2 N–H and O–H groups in total. The van der Waals surface area contributed by atoms with Gasteiger partial charge in [-0.2, -0.15) is 15.6 Å². The summed E-state index contributed by atoms with van der Waals surface area (Å²) in [5.74, 6) is 0.0153. The van der Waals surface area contributed by atoms with Gasteiger partial charge in [0.05, 0.1) is 10.9 Å². The van der Waals surface area contributed by atoms with Crippen LogP contribution >= 0.6 is 0 Å². The van der Waals surface area contributed by atoms with Gasteiger partial charge < -0.3 is 5.73 Å². The summed E-state index contributed by atoms with van der Waals surface area (Å²) in [4.78, 5) is 8.59. The second kappa shape index (κ2) is 4.14. The average Bonchev–Trinajstić information content (AvgIpc) is 2.92. The van der Waals surface area contributed by atoms with E-state index in [1.54, 1.807) is 6.20 Å². The van der Waals surface area contributed by atoms with Crippen molar-refractivity contribution in [2.45, 2.75) is 0 Å². The number of nitrogens with two attached hydrogens (primary N) is 1. The lowest BCUT2D eigenvalue weighted by Crippen LogP contribution is -2.05. The Morgan fingerprint density at radius 2 is 1.91 bits per heavy atom. The minimum atomic E-state index is 0.0153. The van der Waals surface area contributed by atoms with E-state index < -0.39 is 0 Å². The summed E-state index contributed by atoms with van der Waals surface area (Å²) in [6.07, 6.45) is 1.65. The lowest BCUT2D eigenvalue weighted by molar-refractivity contribution is 0.935. The smallest absolute Gasteiger partial charge is 0.168 e. The zero-order valence-corrected chi connectivity index (χ0v) is 11.1. The van der Waals surface area contributed by atoms with E-state index in [4.69, 9.17) is 11.0 Å². The first-order chi connectivity index (χ1) is 10.7. The molecule has 0 aliphatic rings. The van der Waals surface area contributed by atoms with Crippen molar-refractivity contribution >= 4 is 33.3 Å². The number of benzene rings is 1. The molecule has 4 aromatic rings. The second-order valence-corrected chi connectivity index (χ2v) is 4.72. The Morgan fingerprint density at radius 3 is 2.68 bits per heavy atom. The first kappa shape index (κ1) is 12.1. The monoisotopic (exact) mass is 285 g/mol.